The van der Waals surface area contributed by atoms with E-state index in [1.54, 1.807) is 6.92 Å². The van der Waals surface area contributed by atoms with Crippen LogP contribution in [0.5, 0.6) is 0 Å². The fourth-order valence-corrected chi connectivity index (χ4v) is 1.43. The van der Waals surface area contributed by atoms with Gasteiger partial charge in [-0.25, -0.2) is 0 Å². The van der Waals surface area contributed by atoms with Crippen LogP contribution in [-0.4, -0.2) is 41.4 Å². The average Bonchev–Trinajstić information content (AvgIpc) is 2.10. The normalized spacial score (nSPS) is 39.0. The Labute approximate surface area is 84.8 Å². The Bertz CT molecular complexity index is 160. The molecule has 4 heteroatoms. The maximum atomic E-state index is 9.47. The van der Waals surface area contributed by atoms with E-state index in [2.05, 4.69) is 13.8 Å². The summed E-state index contributed by atoms with van der Waals surface area (Å²) in [7, 11) is 0. The van der Waals surface area contributed by atoms with Gasteiger partial charge >= 0.3 is 0 Å². The van der Waals surface area contributed by atoms with Crippen LogP contribution in [-0.2, 0) is 9.47 Å². The lowest BCUT2D eigenvalue weighted by molar-refractivity contribution is -0.248. The van der Waals surface area contributed by atoms with Crippen molar-refractivity contribution in [1.29, 1.82) is 0 Å². The van der Waals surface area contributed by atoms with Gasteiger partial charge in [0, 0.05) is 6.42 Å². The van der Waals surface area contributed by atoms with Crippen LogP contribution >= 0.6 is 0 Å². The van der Waals surface area contributed by atoms with Crippen molar-refractivity contribution in [3.63, 3.8) is 0 Å². The Balaban J connectivity index is 2.34. The van der Waals surface area contributed by atoms with Gasteiger partial charge in [-0.05, 0) is 12.8 Å². The van der Waals surface area contributed by atoms with Crippen molar-refractivity contribution < 1.29 is 19.7 Å². The van der Waals surface area contributed by atoms with E-state index in [9.17, 15) is 10.2 Å². The lowest BCUT2D eigenvalue weighted by Crippen LogP contribution is -2.47. The zero-order valence-electron chi connectivity index (χ0n) is 9.01. The highest BCUT2D eigenvalue weighted by atomic mass is 16.7. The summed E-state index contributed by atoms with van der Waals surface area (Å²) >= 11 is 0. The number of rotatable bonds is 3. The van der Waals surface area contributed by atoms with Crippen LogP contribution in [0.3, 0.4) is 0 Å². The van der Waals surface area contributed by atoms with E-state index in [1.807, 2.05) is 0 Å². The van der Waals surface area contributed by atoms with E-state index in [4.69, 9.17) is 9.47 Å². The zero-order chi connectivity index (χ0) is 10.7. The highest BCUT2D eigenvalue weighted by Gasteiger charge is 2.34. The highest BCUT2D eigenvalue weighted by Crippen LogP contribution is 2.21. The number of hydrogen-bond donors (Lipinski definition) is 2. The minimum atomic E-state index is -0.797. The van der Waals surface area contributed by atoms with E-state index in [0.29, 0.717) is 18.9 Å². The third-order valence-electron chi connectivity index (χ3n) is 2.29. The van der Waals surface area contributed by atoms with Crippen molar-refractivity contribution in [3.05, 3.63) is 0 Å². The molecule has 0 aromatic carbocycles. The first-order valence-electron chi connectivity index (χ1n) is 5.14. The predicted molar refractivity (Wildman–Crippen MR) is 51.8 cm³/mol. The lowest BCUT2D eigenvalue weighted by Gasteiger charge is -2.35. The van der Waals surface area contributed by atoms with Crippen LogP contribution in [0.1, 0.15) is 27.2 Å². The monoisotopic (exact) mass is 204 g/mol. The quantitative estimate of drug-likeness (QED) is 0.703. The van der Waals surface area contributed by atoms with Crippen LogP contribution in [0.4, 0.5) is 0 Å². The van der Waals surface area contributed by atoms with Crippen molar-refractivity contribution in [3.8, 4) is 0 Å². The smallest absolute Gasteiger partial charge is 0.160 e. The van der Waals surface area contributed by atoms with Gasteiger partial charge in [0.15, 0.2) is 6.29 Å². The standard InChI is InChI=1S/C10H20O4/c1-6(2)5-13-9-4-8(11)10(12)7(3)14-9/h6-12H,4-5H2,1-3H3/t7-,8+,9-,10+/m1/s1. The van der Waals surface area contributed by atoms with E-state index >= 15 is 0 Å². The van der Waals surface area contributed by atoms with Gasteiger partial charge in [-0.1, -0.05) is 13.8 Å². The van der Waals surface area contributed by atoms with Gasteiger partial charge in [0.2, 0.25) is 0 Å². The van der Waals surface area contributed by atoms with Crippen LogP contribution in [0.25, 0.3) is 0 Å². The van der Waals surface area contributed by atoms with Gasteiger partial charge < -0.3 is 19.7 Å². The number of aliphatic hydroxyl groups is 2. The third-order valence-corrected chi connectivity index (χ3v) is 2.29. The van der Waals surface area contributed by atoms with Crippen LogP contribution in [0, 0.1) is 5.92 Å². The zero-order valence-corrected chi connectivity index (χ0v) is 9.01. The maximum absolute atomic E-state index is 9.47. The Kier molecular flexibility index (Phi) is 4.31. The summed E-state index contributed by atoms with van der Waals surface area (Å²) in [6, 6.07) is 0. The summed E-state index contributed by atoms with van der Waals surface area (Å²) in [4.78, 5) is 0. The first kappa shape index (κ1) is 11.9. The summed E-state index contributed by atoms with van der Waals surface area (Å²) in [5.74, 6) is 0.442. The second kappa shape index (κ2) is 5.07. The molecule has 1 saturated heterocycles. The Morgan fingerprint density at radius 1 is 1.43 bits per heavy atom. The minimum absolute atomic E-state index is 0.345. The molecule has 1 rings (SSSR count). The largest absolute Gasteiger partial charge is 0.390 e. The molecule has 0 amide bonds. The van der Waals surface area contributed by atoms with Crippen LogP contribution in [0.2, 0.25) is 0 Å². The van der Waals surface area contributed by atoms with Crippen molar-refractivity contribution in [2.75, 3.05) is 6.61 Å². The van der Waals surface area contributed by atoms with Gasteiger partial charge in [-0.15, -0.1) is 0 Å². The number of ether oxygens (including phenoxy) is 2. The molecule has 0 saturated carbocycles. The van der Waals surface area contributed by atoms with Crippen molar-refractivity contribution in [2.24, 2.45) is 5.92 Å². The van der Waals surface area contributed by atoms with Gasteiger partial charge in [0.25, 0.3) is 0 Å². The molecule has 84 valence electrons. The molecule has 0 aliphatic carbocycles. The molecule has 4 nitrogen and oxygen atoms in total. The molecule has 0 bridgehead atoms. The highest BCUT2D eigenvalue weighted by molar-refractivity contribution is 4.79. The first-order valence-corrected chi connectivity index (χ1v) is 5.14. The molecule has 1 heterocycles. The maximum Gasteiger partial charge on any atom is 0.160 e. The Hall–Kier alpha value is -0.160. The van der Waals surface area contributed by atoms with Crippen LogP contribution < -0.4 is 0 Å². The van der Waals surface area contributed by atoms with E-state index < -0.39 is 12.2 Å². The molecule has 1 aliphatic rings. The third kappa shape index (κ3) is 3.20. The number of hydrogen-bond acceptors (Lipinski definition) is 4. The van der Waals surface area contributed by atoms with Crippen molar-refractivity contribution in [2.45, 2.75) is 51.8 Å². The summed E-state index contributed by atoms with van der Waals surface area (Å²) in [5, 5.41) is 18.9. The first-order chi connectivity index (χ1) is 6.50. The molecule has 0 radical (unpaired) electrons. The fourth-order valence-electron chi connectivity index (χ4n) is 1.43. The molecule has 14 heavy (non-hydrogen) atoms. The van der Waals surface area contributed by atoms with Crippen molar-refractivity contribution in [1.82, 2.24) is 0 Å². The Morgan fingerprint density at radius 2 is 2.07 bits per heavy atom. The molecule has 0 spiro atoms. The summed E-state index contributed by atoms with van der Waals surface area (Å²) in [6.07, 6.45) is -1.94. The second-order valence-corrected chi connectivity index (χ2v) is 4.29. The molecular formula is C10H20O4. The Morgan fingerprint density at radius 3 is 2.57 bits per heavy atom. The van der Waals surface area contributed by atoms with Gasteiger partial charge in [-0.3, -0.25) is 0 Å². The van der Waals surface area contributed by atoms with Gasteiger partial charge in [0.1, 0.15) is 6.10 Å². The molecule has 4 atom stereocenters. The lowest BCUT2D eigenvalue weighted by atomic mass is 10.0. The molecule has 0 unspecified atom stereocenters. The van der Waals surface area contributed by atoms with E-state index in [-0.39, 0.29) is 12.4 Å². The molecule has 2 N–H and O–H groups in total. The minimum Gasteiger partial charge on any atom is -0.390 e. The molecule has 1 aliphatic heterocycles. The number of aliphatic hydroxyl groups excluding tert-OH is 2. The SMILES string of the molecule is CC(C)CO[C@H]1C[C@H](O)[C@@H](O)[C@@H](C)O1. The average molecular weight is 204 g/mol. The molecule has 0 aromatic rings. The molecular weight excluding hydrogens is 184 g/mol. The van der Waals surface area contributed by atoms with Gasteiger partial charge in [0.05, 0.1) is 18.8 Å². The molecule has 1 fully saturated rings. The molecule has 0 aromatic heterocycles. The van der Waals surface area contributed by atoms with E-state index in [0.717, 1.165) is 0 Å². The second-order valence-electron chi connectivity index (χ2n) is 4.29. The van der Waals surface area contributed by atoms with Crippen LogP contribution in [0.15, 0.2) is 0 Å². The fraction of sp³-hybridized carbons (Fsp3) is 1.00. The van der Waals surface area contributed by atoms with Gasteiger partial charge in [-0.2, -0.15) is 0 Å². The summed E-state index contributed by atoms with van der Waals surface area (Å²) < 4.78 is 10.8. The topological polar surface area (TPSA) is 58.9 Å². The van der Waals surface area contributed by atoms with Crippen molar-refractivity contribution >= 4 is 0 Å². The van der Waals surface area contributed by atoms with E-state index in [1.165, 1.54) is 0 Å². The summed E-state index contributed by atoms with van der Waals surface area (Å²) in [6.45, 7) is 6.45. The predicted octanol–water partition coefficient (Wildman–Crippen LogP) is 0.516. The summed E-state index contributed by atoms with van der Waals surface area (Å²) in [5.41, 5.74) is 0.